The van der Waals surface area contributed by atoms with Gasteiger partial charge in [0.1, 0.15) is 11.1 Å². The Morgan fingerprint density at radius 3 is 2.86 bits per heavy atom. The first kappa shape index (κ1) is 16.0. The molecular weight excluding hydrogens is 302 g/mol. The molecule has 1 unspecified atom stereocenters. The van der Waals surface area contributed by atoms with Gasteiger partial charge < -0.3 is 10.0 Å². The number of aryl methyl sites for hydroxylation is 1. The summed E-state index contributed by atoms with van der Waals surface area (Å²) in [5.41, 5.74) is 0.510. The van der Waals surface area contributed by atoms with Crippen LogP contribution in [0.25, 0.3) is 0 Å². The smallest absolute Gasteiger partial charge is 0.349 e. The zero-order valence-corrected chi connectivity index (χ0v) is 12.8. The van der Waals surface area contributed by atoms with E-state index in [1.54, 1.807) is 19.2 Å². The number of thioether (sulfide) groups is 1. The number of hydrogen-bond acceptors (Lipinski definition) is 5. The third-order valence-corrected chi connectivity index (χ3v) is 4.65. The Morgan fingerprint density at radius 2 is 2.32 bits per heavy atom. The fourth-order valence-electron chi connectivity index (χ4n) is 2.21. The van der Waals surface area contributed by atoms with Crippen LogP contribution in [-0.2, 0) is 16.0 Å². The van der Waals surface area contributed by atoms with Crippen LogP contribution in [0.4, 0.5) is 0 Å². The number of amides is 1. The molecule has 1 atom stereocenters. The van der Waals surface area contributed by atoms with E-state index in [0.29, 0.717) is 19.4 Å². The topological polar surface area (TPSA) is 94.3 Å². The van der Waals surface area contributed by atoms with Crippen molar-refractivity contribution in [2.45, 2.75) is 25.0 Å². The average molecular weight is 317 g/mol. The molecule has 1 aromatic heterocycles. The minimum atomic E-state index is -1.30. The van der Waals surface area contributed by atoms with E-state index in [1.165, 1.54) is 4.90 Å². The first-order chi connectivity index (χ1) is 10.6. The van der Waals surface area contributed by atoms with Crippen LogP contribution in [0.3, 0.4) is 0 Å². The van der Waals surface area contributed by atoms with Gasteiger partial charge in [-0.15, -0.1) is 0 Å². The molecule has 1 fully saturated rings. The van der Waals surface area contributed by atoms with Gasteiger partial charge in [0.05, 0.1) is 5.25 Å². The van der Waals surface area contributed by atoms with E-state index in [9.17, 15) is 9.59 Å². The van der Waals surface area contributed by atoms with E-state index in [0.717, 1.165) is 17.5 Å². The lowest BCUT2D eigenvalue weighted by molar-refractivity contribution is -0.132. The van der Waals surface area contributed by atoms with E-state index in [-0.39, 0.29) is 21.8 Å². The minimum Gasteiger partial charge on any atom is -0.477 e. The number of pyridine rings is 1. The normalized spacial score (nSPS) is 19.9. The number of carbonyl (C=O) groups excluding carboxylic acids is 1. The molecule has 0 saturated carbocycles. The van der Waals surface area contributed by atoms with Crippen LogP contribution in [0.5, 0.6) is 0 Å². The van der Waals surface area contributed by atoms with Crippen molar-refractivity contribution in [1.29, 1.82) is 5.26 Å². The van der Waals surface area contributed by atoms with E-state index in [2.05, 4.69) is 4.98 Å². The number of nitriles is 1. The fourth-order valence-corrected chi connectivity index (χ4v) is 3.54. The maximum absolute atomic E-state index is 12.4. The third kappa shape index (κ3) is 3.28. The lowest BCUT2D eigenvalue weighted by atomic mass is 10.1. The predicted octanol–water partition coefficient (Wildman–Crippen LogP) is 1.80. The summed E-state index contributed by atoms with van der Waals surface area (Å²) in [6.45, 7) is 2.11. The summed E-state index contributed by atoms with van der Waals surface area (Å²) in [7, 11) is 0. The molecule has 1 aromatic rings. The molecule has 0 bridgehead atoms. The molecule has 0 aromatic carbocycles. The molecule has 1 N–H and O–H groups in total. The van der Waals surface area contributed by atoms with Gasteiger partial charge in [-0.1, -0.05) is 17.8 Å². The molecule has 7 heteroatoms. The lowest BCUT2D eigenvalue weighted by Crippen LogP contribution is -2.29. The maximum atomic E-state index is 12.4. The number of nitrogens with zero attached hydrogens (tertiary/aromatic N) is 3. The number of rotatable bonds is 5. The molecule has 0 spiro atoms. The van der Waals surface area contributed by atoms with Crippen molar-refractivity contribution in [1.82, 2.24) is 9.88 Å². The zero-order chi connectivity index (χ0) is 16.1. The Kier molecular flexibility index (Phi) is 5.17. The Bertz CT molecular complexity index is 652. The SMILES string of the molecule is CCN1C(=O)C(CCc2ccccn2)SC1=C(C#N)C(=O)O. The van der Waals surface area contributed by atoms with Crippen molar-refractivity contribution in [3.63, 3.8) is 0 Å². The number of carbonyl (C=O) groups is 2. The monoisotopic (exact) mass is 317 g/mol. The summed E-state index contributed by atoms with van der Waals surface area (Å²) in [5, 5.41) is 18.0. The van der Waals surface area contributed by atoms with Crippen LogP contribution in [-0.4, -0.2) is 38.7 Å². The van der Waals surface area contributed by atoms with Crippen molar-refractivity contribution in [3.05, 3.63) is 40.7 Å². The molecule has 22 heavy (non-hydrogen) atoms. The number of carboxylic acid groups (broad SMARTS) is 1. The largest absolute Gasteiger partial charge is 0.477 e. The average Bonchev–Trinajstić information content (AvgIpc) is 2.82. The first-order valence-corrected chi connectivity index (χ1v) is 7.72. The molecule has 1 saturated heterocycles. The molecule has 1 aliphatic heterocycles. The number of carboxylic acids is 1. The van der Waals surface area contributed by atoms with Crippen LogP contribution < -0.4 is 0 Å². The third-order valence-electron chi connectivity index (χ3n) is 3.29. The molecule has 2 heterocycles. The second kappa shape index (κ2) is 7.09. The highest BCUT2D eigenvalue weighted by Gasteiger charge is 2.38. The molecule has 1 aliphatic rings. The summed E-state index contributed by atoms with van der Waals surface area (Å²) in [5.74, 6) is -1.45. The lowest BCUT2D eigenvalue weighted by Gasteiger charge is -2.14. The summed E-state index contributed by atoms with van der Waals surface area (Å²) in [6, 6.07) is 7.27. The van der Waals surface area contributed by atoms with E-state index in [1.807, 2.05) is 18.2 Å². The van der Waals surface area contributed by atoms with Gasteiger partial charge in [0.25, 0.3) is 0 Å². The number of aromatic nitrogens is 1. The Balaban J connectivity index is 2.17. The highest BCUT2D eigenvalue weighted by atomic mass is 32.2. The summed E-state index contributed by atoms with van der Waals surface area (Å²) < 4.78 is 0. The van der Waals surface area contributed by atoms with E-state index in [4.69, 9.17) is 10.4 Å². The molecule has 0 aliphatic carbocycles. The highest BCUT2D eigenvalue weighted by Crippen LogP contribution is 2.39. The molecule has 6 nitrogen and oxygen atoms in total. The number of hydrogen-bond donors (Lipinski definition) is 1. The first-order valence-electron chi connectivity index (χ1n) is 6.84. The van der Waals surface area contributed by atoms with Gasteiger partial charge in [0.2, 0.25) is 5.91 Å². The van der Waals surface area contributed by atoms with E-state index < -0.39 is 5.97 Å². The zero-order valence-electron chi connectivity index (χ0n) is 12.0. The molecule has 114 valence electrons. The van der Waals surface area contributed by atoms with Crippen molar-refractivity contribution >= 4 is 23.6 Å². The van der Waals surface area contributed by atoms with Gasteiger partial charge in [-0.05, 0) is 31.9 Å². The Labute approximate surface area is 132 Å². The standard InChI is InChI=1S/C15H15N3O3S/c1-2-18-13(19)12(7-6-10-5-3-4-8-17-10)22-14(18)11(9-16)15(20)21/h3-5,8,12H,2,6-7H2,1H3,(H,20,21). The maximum Gasteiger partial charge on any atom is 0.349 e. The summed E-state index contributed by atoms with van der Waals surface area (Å²) >= 11 is 1.16. The quantitative estimate of drug-likeness (QED) is 0.657. The van der Waals surface area contributed by atoms with Crippen molar-refractivity contribution < 1.29 is 14.7 Å². The number of aliphatic carboxylic acids is 1. The van der Waals surface area contributed by atoms with Gasteiger partial charge in [-0.3, -0.25) is 9.78 Å². The Morgan fingerprint density at radius 1 is 1.55 bits per heavy atom. The molecular formula is C15H15N3O3S. The van der Waals surface area contributed by atoms with Crippen molar-refractivity contribution in [2.75, 3.05) is 6.54 Å². The van der Waals surface area contributed by atoms with Gasteiger partial charge in [0.15, 0.2) is 5.57 Å². The van der Waals surface area contributed by atoms with Crippen molar-refractivity contribution in [3.8, 4) is 6.07 Å². The van der Waals surface area contributed by atoms with Gasteiger partial charge in [0, 0.05) is 18.4 Å². The predicted molar refractivity (Wildman–Crippen MR) is 81.6 cm³/mol. The van der Waals surface area contributed by atoms with Crippen LogP contribution in [0.15, 0.2) is 35.0 Å². The second-order valence-corrected chi connectivity index (χ2v) is 5.84. The molecule has 2 rings (SSSR count). The van der Waals surface area contributed by atoms with E-state index >= 15 is 0 Å². The van der Waals surface area contributed by atoms with Gasteiger partial charge in [-0.25, -0.2) is 4.79 Å². The summed E-state index contributed by atoms with van der Waals surface area (Å²) in [4.78, 5) is 29.1. The molecule has 0 radical (unpaired) electrons. The van der Waals surface area contributed by atoms with Crippen LogP contribution in [0.1, 0.15) is 19.0 Å². The van der Waals surface area contributed by atoms with Gasteiger partial charge in [-0.2, -0.15) is 5.26 Å². The fraction of sp³-hybridized carbons (Fsp3) is 0.333. The second-order valence-electron chi connectivity index (χ2n) is 4.65. The highest BCUT2D eigenvalue weighted by molar-refractivity contribution is 8.04. The van der Waals surface area contributed by atoms with Crippen LogP contribution >= 0.6 is 11.8 Å². The van der Waals surface area contributed by atoms with Crippen LogP contribution in [0, 0.1) is 11.3 Å². The molecule has 1 amide bonds. The minimum absolute atomic E-state index is 0.146. The Hall–Kier alpha value is -2.33. The van der Waals surface area contributed by atoms with Gasteiger partial charge >= 0.3 is 5.97 Å². The summed E-state index contributed by atoms with van der Waals surface area (Å²) in [6.07, 6.45) is 2.88. The van der Waals surface area contributed by atoms with Crippen molar-refractivity contribution in [2.24, 2.45) is 0 Å². The van der Waals surface area contributed by atoms with Crippen LogP contribution in [0.2, 0.25) is 0 Å².